The topological polar surface area (TPSA) is 109 Å². The van der Waals surface area contributed by atoms with Gasteiger partial charge in [-0.05, 0) is 30.9 Å². The van der Waals surface area contributed by atoms with Crippen LogP contribution in [-0.4, -0.2) is 44.7 Å². The zero-order valence-corrected chi connectivity index (χ0v) is 14.1. The lowest BCUT2D eigenvalue weighted by Crippen LogP contribution is -2.36. The molecule has 2 rings (SSSR count). The number of sulfonamides is 1. The Morgan fingerprint density at radius 2 is 2.22 bits per heavy atom. The Morgan fingerprint density at radius 3 is 2.87 bits per heavy atom. The van der Waals surface area contributed by atoms with Gasteiger partial charge in [-0.25, -0.2) is 13.1 Å². The van der Waals surface area contributed by atoms with E-state index in [1.165, 1.54) is 6.42 Å². The largest absolute Gasteiger partial charge is 0.370 e. The average molecular weight is 339 g/mol. The fraction of sp³-hybridized carbons (Fsp3) is 0.600. The number of nitrogens with two attached hydrogens (primary N) is 1. The minimum atomic E-state index is -3.26. The van der Waals surface area contributed by atoms with Crippen LogP contribution >= 0.6 is 0 Å². The minimum absolute atomic E-state index is 0.0393. The van der Waals surface area contributed by atoms with Crippen molar-refractivity contribution < 1.29 is 8.42 Å². The second kappa shape index (κ2) is 8.83. The molecule has 0 radical (unpaired) electrons. The van der Waals surface area contributed by atoms with Crippen molar-refractivity contribution in [2.24, 2.45) is 16.6 Å². The van der Waals surface area contributed by atoms with Gasteiger partial charge in [0.15, 0.2) is 5.96 Å². The Bertz CT molecular complexity index is 600. The molecule has 0 aliphatic heterocycles. The van der Waals surface area contributed by atoms with Crippen LogP contribution < -0.4 is 15.8 Å². The van der Waals surface area contributed by atoms with E-state index < -0.39 is 10.0 Å². The maximum Gasteiger partial charge on any atom is 0.213 e. The smallest absolute Gasteiger partial charge is 0.213 e. The van der Waals surface area contributed by atoms with Crippen molar-refractivity contribution >= 4 is 16.0 Å². The van der Waals surface area contributed by atoms with E-state index in [4.69, 9.17) is 5.73 Å². The van der Waals surface area contributed by atoms with Gasteiger partial charge < -0.3 is 11.1 Å². The number of hydrogen-bond acceptors (Lipinski definition) is 4. The quantitative estimate of drug-likeness (QED) is 0.441. The summed E-state index contributed by atoms with van der Waals surface area (Å²) in [4.78, 5) is 8.25. The Kier molecular flexibility index (Phi) is 6.79. The predicted molar refractivity (Wildman–Crippen MR) is 91.6 cm³/mol. The molecule has 1 fully saturated rings. The van der Waals surface area contributed by atoms with E-state index in [9.17, 15) is 8.42 Å². The molecule has 0 saturated heterocycles. The standard InChI is InChI=1S/C15H25N5O2S/c16-15(18-9-7-14-6-1-2-8-17-14)19-10-11-23(21,22)20-12-13-4-3-5-13/h1-2,6,8,13,20H,3-5,7,9-12H2,(H3,16,18,19). The first-order valence-corrected chi connectivity index (χ1v) is 9.61. The number of aliphatic imine (C=N–C) groups is 1. The predicted octanol–water partition coefficient (Wildman–Crippen LogP) is 0.248. The first-order valence-electron chi connectivity index (χ1n) is 7.96. The molecule has 1 aromatic rings. The second-order valence-corrected chi connectivity index (χ2v) is 7.66. The summed E-state index contributed by atoms with van der Waals surface area (Å²) in [5.41, 5.74) is 6.69. The van der Waals surface area contributed by atoms with E-state index in [1.807, 2.05) is 18.2 Å². The molecule has 128 valence electrons. The Morgan fingerprint density at radius 1 is 1.39 bits per heavy atom. The lowest BCUT2D eigenvalue weighted by molar-refractivity contribution is 0.316. The number of guanidine groups is 1. The second-order valence-electron chi connectivity index (χ2n) is 5.73. The summed E-state index contributed by atoms with van der Waals surface area (Å²) in [6, 6.07) is 5.74. The van der Waals surface area contributed by atoms with Gasteiger partial charge in [0, 0.05) is 31.4 Å². The summed E-state index contributed by atoms with van der Waals surface area (Å²) < 4.78 is 26.2. The molecule has 1 aliphatic rings. The van der Waals surface area contributed by atoms with Gasteiger partial charge in [0.05, 0.1) is 12.3 Å². The van der Waals surface area contributed by atoms with Crippen molar-refractivity contribution in [2.75, 3.05) is 25.4 Å². The number of hydrogen-bond donors (Lipinski definition) is 3. The Balaban J connectivity index is 1.61. The molecule has 0 atom stereocenters. The van der Waals surface area contributed by atoms with Crippen molar-refractivity contribution in [3.05, 3.63) is 30.1 Å². The zero-order valence-electron chi connectivity index (χ0n) is 13.2. The van der Waals surface area contributed by atoms with Crippen LogP contribution in [0, 0.1) is 5.92 Å². The maximum atomic E-state index is 11.8. The van der Waals surface area contributed by atoms with E-state index in [-0.39, 0.29) is 18.3 Å². The third kappa shape index (κ3) is 6.96. The van der Waals surface area contributed by atoms with E-state index in [0.29, 0.717) is 19.0 Å². The van der Waals surface area contributed by atoms with Crippen LogP contribution in [-0.2, 0) is 16.4 Å². The first-order chi connectivity index (χ1) is 11.1. The summed E-state index contributed by atoms with van der Waals surface area (Å²) in [7, 11) is -3.26. The number of rotatable bonds is 9. The number of nitrogens with one attached hydrogen (secondary N) is 2. The van der Waals surface area contributed by atoms with Crippen LogP contribution in [0.4, 0.5) is 0 Å². The summed E-state index contributed by atoms with van der Waals surface area (Å²) in [6.07, 6.45) is 5.92. The zero-order chi connectivity index (χ0) is 16.5. The van der Waals surface area contributed by atoms with Crippen LogP contribution in [0.25, 0.3) is 0 Å². The molecule has 1 aliphatic carbocycles. The highest BCUT2D eigenvalue weighted by atomic mass is 32.2. The van der Waals surface area contributed by atoms with Crippen LogP contribution in [0.15, 0.2) is 29.4 Å². The van der Waals surface area contributed by atoms with Gasteiger partial charge in [-0.1, -0.05) is 12.5 Å². The lowest BCUT2D eigenvalue weighted by Gasteiger charge is -2.25. The van der Waals surface area contributed by atoms with Gasteiger partial charge >= 0.3 is 0 Å². The maximum absolute atomic E-state index is 11.8. The van der Waals surface area contributed by atoms with E-state index >= 15 is 0 Å². The van der Waals surface area contributed by atoms with Crippen LogP contribution in [0.2, 0.25) is 0 Å². The van der Waals surface area contributed by atoms with Crippen molar-refractivity contribution in [1.29, 1.82) is 0 Å². The third-order valence-electron chi connectivity index (χ3n) is 3.87. The molecule has 8 heteroatoms. The SMILES string of the molecule is NC(=NCCS(=O)(=O)NCC1CCC1)NCCc1ccccn1. The minimum Gasteiger partial charge on any atom is -0.370 e. The fourth-order valence-electron chi connectivity index (χ4n) is 2.22. The molecule has 7 nitrogen and oxygen atoms in total. The first kappa shape index (κ1) is 17.7. The Hall–Kier alpha value is -1.67. The molecule has 0 spiro atoms. The van der Waals surface area contributed by atoms with Gasteiger partial charge in [-0.3, -0.25) is 9.98 Å². The molecule has 23 heavy (non-hydrogen) atoms. The number of aromatic nitrogens is 1. The van der Waals surface area contributed by atoms with Crippen molar-refractivity contribution in [3.63, 3.8) is 0 Å². The highest BCUT2D eigenvalue weighted by Gasteiger charge is 2.19. The molecule has 0 aromatic carbocycles. The van der Waals surface area contributed by atoms with Crippen molar-refractivity contribution in [3.8, 4) is 0 Å². The molecule has 4 N–H and O–H groups in total. The average Bonchev–Trinajstić information content (AvgIpc) is 2.46. The lowest BCUT2D eigenvalue weighted by atomic mass is 9.86. The van der Waals surface area contributed by atoms with Crippen molar-refractivity contribution in [2.45, 2.75) is 25.7 Å². The molecule has 0 unspecified atom stereocenters. The fourth-order valence-corrected chi connectivity index (χ4v) is 3.19. The summed E-state index contributed by atoms with van der Waals surface area (Å²) in [5.74, 6) is 0.726. The van der Waals surface area contributed by atoms with E-state index in [1.54, 1.807) is 6.20 Å². The van der Waals surface area contributed by atoms with Gasteiger partial charge in [0.1, 0.15) is 0 Å². The number of pyridine rings is 1. The van der Waals surface area contributed by atoms with Crippen LogP contribution in [0.5, 0.6) is 0 Å². The van der Waals surface area contributed by atoms with Gasteiger partial charge in [0.25, 0.3) is 0 Å². The van der Waals surface area contributed by atoms with E-state index in [2.05, 4.69) is 20.0 Å². The van der Waals surface area contributed by atoms with Gasteiger partial charge in [-0.15, -0.1) is 0 Å². The molecule has 1 saturated carbocycles. The third-order valence-corrected chi connectivity index (χ3v) is 5.20. The summed E-state index contributed by atoms with van der Waals surface area (Å²) in [5, 5.41) is 2.96. The molecular formula is C15H25N5O2S. The molecule has 0 bridgehead atoms. The highest BCUT2D eigenvalue weighted by molar-refractivity contribution is 7.89. The van der Waals surface area contributed by atoms with Crippen molar-refractivity contribution in [1.82, 2.24) is 15.0 Å². The molecule has 1 heterocycles. The molecular weight excluding hydrogens is 314 g/mol. The van der Waals surface area contributed by atoms with E-state index in [0.717, 1.165) is 25.0 Å². The number of nitrogens with zero attached hydrogens (tertiary/aromatic N) is 2. The molecule has 0 amide bonds. The monoisotopic (exact) mass is 339 g/mol. The normalized spacial score (nSPS) is 16.1. The Labute approximate surface area is 137 Å². The van der Waals surface area contributed by atoms with Crippen LogP contribution in [0.1, 0.15) is 25.0 Å². The summed E-state index contributed by atoms with van der Waals surface area (Å²) in [6.45, 7) is 1.31. The van der Waals surface area contributed by atoms with Gasteiger partial charge in [-0.2, -0.15) is 0 Å². The van der Waals surface area contributed by atoms with Crippen LogP contribution in [0.3, 0.4) is 0 Å². The highest BCUT2D eigenvalue weighted by Crippen LogP contribution is 2.25. The summed E-state index contributed by atoms with van der Waals surface area (Å²) >= 11 is 0. The molecule has 1 aromatic heterocycles. The van der Waals surface area contributed by atoms with Gasteiger partial charge in [0.2, 0.25) is 10.0 Å².